The van der Waals surface area contributed by atoms with E-state index in [-0.39, 0.29) is 11.8 Å². The van der Waals surface area contributed by atoms with E-state index in [2.05, 4.69) is 26.0 Å². The molecule has 0 bridgehead atoms. The van der Waals surface area contributed by atoms with Crippen LogP contribution in [0.1, 0.15) is 15.3 Å². The third-order valence-electron chi connectivity index (χ3n) is 2.89. The molecular formula is C15H15BrFNO2S. The van der Waals surface area contributed by atoms with E-state index in [1.165, 1.54) is 13.2 Å². The van der Waals surface area contributed by atoms with Crippen molar-refractivity contribution >= 4 is 33.2 Å². The Labute approximate surface area is 135 Å². The van der Waals surface area contributed by atoms with Crippen molar-refractivity contribution in [1.29, 1.82) is 0 Å². The summed E-state index contributed by atoms with van der Waals surface area (Å²) < 4.78 is 19.1. The molecule has 0 aliphatic heterocycles. The second-order valence-corrected chi connectivity index (χ2v) is 6.63. The number of benzene rings is 1. The topological polar surface area (TPSA) is 38.3 Å². The van der Waals surface area contributed by atoms with E-state index < -0.39 is 0 Å². The highest BCUT2D eigenvalue weighted by atomic mass is 79.9. The highest BCUT2D eigenvalue weighted by molar-refractivity contribution is 9.10. The molecule has 2 aromatic rings. The molecule has 3 nitrogen and oxygen atoms in total. The van der Waals surface area contributed by atoms with Crippen LogP contribution >= 0.6 is 27.3 Å². The molecule has 2 rings (SSSR count). The number of halogens is 2. The van der Waals surface area contributed by atoms with Crippen LogP contribution in [0, 0.1) is 5.82 Å². The van der Waals surface area contributed by atoms with Gasteiger partial charge < -0.3 is 10.1 Å². The molecule has 1 aromatic heterocycles. The van der Waals surface area contributed by atoms with Crippen molar-refractivity contribution in [3.8, 4) is 0 Å². The molecule has 1 N–H and O–H groups in total. The van der Waals surface area contributed by atoms with Gasteiger partial charge in [0.2, 0.25) is 0 Å². The van der Waals surface area contributed by atoms with Crippen molar-refractivity contribution in [3.05, 3.63) is 55.9 Å². The second-order valence-electron chi connectivity index (χ2n) is 4.46. The first kappa shape index (κ1) is 16.1. The third kappa shape index (κ3) is 4.91. The van der Waals surface area contributed by atoms with E-state index in [4.69, 9.17) is 0 Å². The van der Waals surface area contributed by atoms with Crippen LogP contribution in [-0.2, 0) is 29.0 Å². The zero-order valence-electron chi connectivity index (χ0n) is 11.5. The van der Waals surface area contributed by atoms with Gasteiger partial charge in [-0.3, -0.25) is 4.79 Å². The summed E-state index contributed by atoms with van der Waals surface area (Å²) in [5, 5.41) is 3.20. The Kier molecular flexibility index (Phi) is 5.90. The number of rotatable bonds is 6. The number of thiophene rings is 1. The van der Waals surface area contributed by atoms with Crippen molar-refractivity contribution in [1.82, 2.24) is 5.32 Å². The average molecular weight is 372 g/mol. The van der Waals surface area contributed by atoms with Crippen molar-refractivity contribution in [3.63, 3.8) is 0 Å². The van der Waals surface area contributed by atoms with E-state index >= 15 is 0 Å². The minimum absolute atomic E-state index is 0.219. The maximum Gasteiger partial charge on any atom is 0.310 e. The van der Waals surface area contributed by atoms with Crippen LogP contribution in [-0.4, -0.2) is 13.1 Å². The Bertz CT molecular complexity index is 630. The number of esters is 1. The van der Waals surface area contributed by atoms with Crippen molar-refractivity contribution in [2.75, 3.05) is 7.11 Å². The summed E-state index contributed by atoms with van der Waals surface area (Å²) in [5.41, 5.74) is 0.621. The van der Waals surface area contributed by atoms with Gasteiger partial charge in [-0.25, -0.2) is 4.39 Å². The molecule has 0 unspecified atom stereocenters. The molecule has 0 aliphatic rings. The Morgan fingerprint density at radius 1 is 1.29 bits per heavy atom. The zero-order valence-corrected chi connectivity index (χ0v) is 13.9. The summed E-state index contributed by atoms with van der Waals surface area (Å²) in [5.74, 6) is -0.462. The van der Waals surface area contributed by atoms with Crippen LogP contribution in [0.3, 0.4) is 0 Å². The molecule has 0 amide bonds. The van der Waals surface area contributed by atoms with E-state index in [9.17, 15) is 9.18 Å². The number of carbonyl (C=O) groups is 1. The fourth-order valence-corrected chi connectivity index (χ4v) is 3.21. The van der Waals surface area contributed by atoms with Gasteiger partial charge >= 0.3 is 5.97 Å². The summed E-state index contributed by atoms with van der Waals surface area (Å²) in [6.45, 7) is 1.09. The monoisotopic (exact) mass is 371 g/mol. The highest BCUT2D eigenvalue weighted by Gasteiger charge is 2.07. The summed E-state index contributed by atoms with van der Waals surface area (Å²) in [7, 11) is 1.38. The molecule has 6 heteroatoms. The number of ether oxygens (including phenoxy) is 1. The Balaban J connectivity index is 1.86. The van der Waals surface area contributed by atoms with Gasteiger partial charge in [0.25, 0.3) is 0 Å². The Morgan fingerprint density at radius 2 is 2.05 bits per heavy atom. The molecule has 0 saturated carbocycles. The molecule has 0 spiro atoms. The van der Waals surface area contributed by atoms with Gasteiger partial charge in [0.1, 0.15) is 5.82 Å². The predicted octanol–water partition coefficient (Wildman–Crippen LogP) is 3.66. The third-order valence-corrected chi connectivity index (χ3v) is 4.46. The van der Waals surface area contributed by atoms with Crippen molar-refractivity contribution in [2.24, 2.45) is 0 Å². The first-order valence-electron chi connectivity index (χ1n) is 6.37. The fourth-order valence-electron chi connectivity index (χ4n) is 1.83. The largest absolute Gasteiger partial charge is 0.469 e. The maximum atomic E-state index is 13.6. The second kappa shape index (κ2) is 7.68. The Hall–Kier alpha value is -1.24. The van der Waals surface area contributed by atoms with Gasteiger partial charge in [-0.05, 0) is 30.3 Å². The van der Waals surface area contributed by atoms with Crippen molar-refractivity contribution in [2.45, 2.75) is 19.5 Å². The maximum absolute atomic E-state index is 13.6. The van der Waals surface area contributed by atoms with Crippen LogP contribution in [0.5, 0.6) is 0 Å². The van der Waals surface area contributed by atoms with E-state index in [1.807, 2.05) is 12.1 Å². The van der Waals surface area contributed by atoms with Gasteiger partial charge in [-0.2, -0.15) is 0 Å². The quantitative estimate of drug-likeness (QED) is 0.787. The lowest BCUT2D eigenvalue weighted by Crippen LogP contribution is -2.12. The molecule has 0 radical (unpaired) electrons. The summed E-state index contributed by atoms with van der Waals surface area (Å²) in [6.07, 6.45) is 0.293. The predicted molar refractivity (Wildman–Crippen MR) is 84.7 cm³/mol. The van der Waals surface area contributed by atoms with Gasteiger partial charge in [-0.15, -0.1) is 11.3 Å². The summed E-state index contributed by atoms with van der Waals surface area (Å²) >= 11 is 4.88. The lowest BCUT2D eigenvalue weighted by molar-refractivity contribution is -0.139. The van der Waals surface area contributed by atoms with E-state index in [1.54, 1.807) is 23.5 Å². The van der Waals surface area contributed by atoms with E-state index in [0.717, 1.165) is 14.2 Å². The summed E-state index contributed by atoms with van der Waals surface area (Å²) in [4.78, 5) is 13.2. The number of methoxy groups -OCH3 is 1. The van der Waals surface area contributed by atoms with Crippen LogP contribution in [0.25, 0.3) is 0 Å². The van der Waals surface area contributed by atoms with Crippen LogP contribution in [0.4, 0.5) is 4.39 Å². The SMILES string of the molecule is COC(=O)Cc1ccc(CNCc2cc(Br)ccc2F)s1. The molecule has 0 atom stereocenters. The highest BCUT2D eigenvalue weighted by Crippen LogP contribution is 2.18. The smallest absolute Gasteiger partial charge is 0.310 e. The first-order chi connectivity index (χ1) is 10.1. The lowest BCUT2D eigenvalue weighted by Gasteiger charge is -2.05. The standard InChI is InChI=1S/C15H15BrFNO2S/c1-20-15(19)7-12-3-4-13(21-12)9-18-8-10-6-11(16)2-5-14(10)17/h2-6,18H,7-9H2,1H3. The molecule has 1 aromatic carbocycles. The number of hydrogen-bond donors (Lipinski definition) is 1. The molecule has 0 fully saturated rings. The van der Waals surface area contributed by atoms with Crippen LogP contribution in [0.2, 0.25) is 0 Å². The lowest BCUT2D eigenvalue weighted by atomic mass is 10.2. The molecule has 21 heavy (non-hydrogen) atoms. The van der Waals surface area contributed by atoms with Crippen LogP contribution in [0.15, 0.2) is 34.8 Å². The minimum Gasteiger partial charge on any atom is -0.469 e. The number of carbonyl (C=O) groups excluding carboxylic acids is 1. The van der Waals surface area contributed by atoms with Gasteiger partial charge in [0, 0.05) is 32.9 Å². The zero-order chi connectivity index (χ0) is 15.2. The number of hydrogen-bond acceptors (Lipinski definition) is 4. The fraction of sp³-hybridized carbons (Fsp3) is 0.267. The number of nitrogens with one attached hydrogen (secondary N) is 1. The average Bonchev–Trinajstić information content (AvgIpc) is 2.90. The molecule has 0 saturated heterocycles. The van der Waals surface area contributed by atoms with Gasteiger partial charge in [-0.1, -0.05) is 15.9 Å². The van der Waals surface area contributed by atoms with E-state index in [0.29, 0.717) is 25.1 Å². The Morgan fingerprint density at radius 3 is 2.81 bits per heavy atom. The molecule has 112 valence electrons. The first-order valence-corrected chi connectivity index (χ1v) is 7.98. The van der Waals surface area contributed by atoms with Crippen molar-refractivity contribution < 1.29 is 13.9 Å². The summed E-state index contributed by atoms with van der Waals surface area (Å²) in [6, 6.07) is 8.77. The molecule has 1 heterocycles. The molecular weight excluding hydrogens is 357 g/mol. The van der Waals surface area contributed by atoms with Crippen LogP contribution < -0.4 is 5.32 Å². The normalized spacial score (nSPS) is 10.6. The molecule has 0 aliphatic carbocycles. The van der Waals surface area contributed by atoms with Gasteiger partial charge in [0.05, 0.1) is 13.5 Å². The minimum atomic E-state index is -0.243. The van der Waals surface area contributed by atoms with Gasteiger partial charge in [0.15, 0.2) is 0 Å².